The largest absolute Gasteiger partial charge is 0.507 e. The molecule has 0 saturated carbocycles. The second-order valence-electron chi connectivity index (χ2n) is 6.56. The van der Waals surface area contributed by atoms with E-state index in [1.807, 2.05) is 18.4 Å². The molecule has 2 aromatic rings. The molecule has 5 N–H and O–H groups in total. The van der Waals surface area contributed by atoms with Crippen LogP contribution in [0.4, 0.5) is 11.8 Å². The van der Waals surface area contributed by atoms with Crippen LogP contribution in [-0.4, -0.2) is 21.3 Å². The number of hydrogen-bond acceptors (Lipinski definition) is 6. The van der Waals surface area contributed by atoms with Crippen LogP contribution < -0.4 is 11.5 Å². The lowest BCUT2D eigenvalue weighted by Gasteiger charge is -2.18. The third kappa shape index (κ3) is 3.75. The van der Waals surface area contributed by atoms with E-state index in [0.29, 0.717) is 18.0 Å². The second kappa shape index (κ2) is 7.30. The SMILES string of the molecule is CSc1nc(N)nc(N)c1Cc1cc(C(C)C)c(O)c(C(C)C)c1. The molecule has 0 bridgehead atoms. The highest BCUT2D eigenvalue weighted by molar-refractivity contribution is 7.98. The number of phenolic OH excluding ortho intramolecular Hbond substituents is 1. The van der Waals surface area contributed by atoms with Crippen LogP contribution >= 0.6 is 11.8 Å². The van der Waals surface area contributed by atoms with Crippen LogP contribution in [0.25, 0.3) is 0 Å². The van der Waals surface area contributed by atoms with Crippen molar-refractivity contribution in [1.82, 2.24) is 9.97 Å². The average Bonchev–Trinajstić information content (AvgIpc) is 2.50. The summed E-state index contributed by atoms with van der Waals surface area (Å²) in [5.74, 6) is 1.48. The molecule has 1 heterocycles. The van der Waals surface area contributed by atoms with Crippen LogP contribution in [0.2, 0.25) is 0 Å². The first-order chi connectivity index (χ1) is 11.2. The van der Waals surface area contributed by atoms with Gasteiger partial charge in [0, 0.05) is 12.0 Å². The van der Waals surface area contributed by atoms with Gasteiger partial charge in [0.25, 0.3) is 0 Å². The van der Waals surface area contributed by atoms with Crippen LogP contribution in [0.1, 0.15) is 61.8 Å². The second-order valence-corrected chi connectivity index (χ2v) is 7.36. The van der Waals surface area contributed by atoms with Gasteiger partial charge in [-0.3, -0.25) is 0 Å². The number of aromatic nitrogens is 2. The van der Waals surface area contributed by atoms with Crippen LogP contribution in [0.3, 0.4) is 0 Å². The number of rotatable bonds is 5. The Morgan fingerprint density at radius 3 is 2.04 bits per heavy atom. The first-order valence-electron chi connectivity index (χ1n) is 8.06. The van der Waals surface area contributed by atoms with E-state index >= 15 is 0 Å². The maximum Gasteiger partial charge on any atom is 0.223 e. The van der Waals surface area contributed by atoms with Gasteiger partial charge in [0.15, 0.2) is 0 Å². The van der Waals surface area contributed by atoms with Crippen molar-refractivity contribution in [2.45, 2.75) is 51.0 Å². The Bertz CT molecular complexity index is 715. The van der Waals surface area contributed by atoms with E-state index < -0.39 is 0 Å². The fraction of sp³-hybridized carbons (Fsp3) is 0.444. The summed E-state index contributed by atoms with van der Waals surface area (Å²) >= 11 is 1.51. The van der Waals surface area contributed by atoms with Gasteiger partial charge < -0.3 is 16.6 Å². The summed E-state index contributed by atoms with van der Waals surface area (Å²) in [6, 6.07) is 4.09. The van der Waals surface area contributed by atoms with Gasteiger partial charge in [-0.1, -0.05) is 39.8 Å². The molecule has 0 spiro atoms. The van der Waals surface area contributed by atoms with Gasteiger partial charge in [0.05, 0.1) is 0 Å². The predicted molar refractivity (Wildman–Crippen MR) is 102 cm³/mol. The van der Waals surface area contributed by atoms with Gasteiger partial charge in [-0.2, -0.15) is 4.98 Å². The number of aromatic hydroxyl groups is 1. The van der Waals surface area contributed by atoms with E-state index in [-0.39, 0.29) is 17.8 Å². The van der Waals surface area contributed by atoms with E-state index in [1.165, 1.54) is 11.8 Å². The number of anilines is 2. The normalized spacial score (nSPS) is 11.5. The van der Waals surface area contributed by atoms with Gasteiger partial charge in [0.2, 0.25) is 5.95 Å². The number of nitrogens with zero attached hydrogens (tertiary/aromatic N) is 2. The maximum absolute atomic E-state index is 10.5. The van der Waals surface area contributed by atoms with Crippen LogP contribution in [0, 0.1) is 0 Å². The van der Waals surface area contributed by atoms with Gasteiger partial charge in [-0.15, -0.1) is 11.8 Å². The van der Waals surface area contributed by atoms with Crippen molar-refractivity contribution in [2.75, 3.05) is 17.7 Å². The highest BCUT2D eigenvalue weighted by atomic mass is 32.2. The summed E-state index contributed by atoms with van der Waals surface area (Å²) in [4.78, 5) is 8.37. The van der Waals surface area contributed by atoms with E-state index in [1.54, 1.807) is 0 Å². The van der Waals surface area contributed by atoms with Crippen LogP contribution in [-0.2, 0) is 6.42 Å². The standard InChI is InChI=1S/C18H26N4OS/c1-9(2)12-6-11(7-13(10(3)4)15(12)23)8-14-16(19)21-18(20)22-17(14)24-5/h6-7,9-10,23H,8H2,1-5H3,(H4,19,20,21,22). The first-order valence-corrected chi connectivity index (χ1v) is 9.28. The minimum atomic E-state index is 0.192. The summed E-state index contributed by atoms with van der Waals surface area (Å²) in [6.45, 7) is 8.32. The molecule has 0 fully saturated rings. The number of nitrogen functional groups attached to an aromatic ring is 2. The monoisotopic (exact) mass is 346 g/mol. The molecule has 0 radical (unpaired) electrons. The Morgan fingerprint density at radius 2 is 1.58 bits per heavy atom. The van der Waals surface area contributed by atoms with Crippen LogP contribution in [0.5, 0.6) is 5.75 Å². The summed E-state index contributed by atoms with van der Waals surface area (Å²) in [5, 5.41) is 11.3. The quantitative estimate of drug-likeness (QED) is 0.561. The predicted octanol–water partition coefficient (Wildman–Crippen LogP) is 3.91. The van der Waals surface area contributed by atoms with Gasteiger partial charge in [0.1, 0.15) is 16.6 Å². The number of thioether (sulfide) groups is 1. The number of phenols is 1. The van der Waals surface area contributed by atoms with E-state index in [0.717, 1.165) is 27.3 Å². The molecule has 24 heavy (non-hydrogen) atoms. The summed E-state index contributed by atoms with van der Waals surface area (Å²) in [6.07, 6.45) is 2.56. The molecule has 0 aliphatic carbocycles. The van der Waals surface area contributed by atoms with Crippen molar-refractivity contribution in [3.63, 3.8) is 0 Å². The summed E-state index contributed by atoms with van der Waals surface area (Å²) < 4.78 is 0. The Balaban J connectivity index is 2.55. The molecule has 0 saturated heterocycles. The van der Waals surface area contributed by atoms with E-state index in [4.69, 9.17) is 11.5 Å². The Labute approximate surface area is 147 Å². The number of hydrogen-bond donors (Lipinski definition) is 3. The Kier molecular flexibility index (Phi) is 5.59. The molecule has 1 aromatic heterocycles. The zero-order chi connectivity index (χ0) is 18.0. The minimum Gasteiger partial charge on any atom is -0.507 e. The molecule has 6 heteroatoms. The summed E-state index contributed by atoms with van der Waals surface area (Å²) in [5.41, 5.74) is 15.7. The van der Waals surface area contributed by atoms with Crippen LogP contribution in [0.15, 0.2) is 17.2 Å². The molecule has 2 rings (SSSR count). The first kappa shape index (κ1) is 18.4. The molecule has 5 nitrogen and oxygen atoms in total. The van der Waals surface area contributed by atoms with Gasteiger partial charge >= 0.3 is 0 Å². The van der Waals surface area contributed by atoms with Crippen molar-refractivity contribution >= 4 is 23.5 Å². The molecule has 130 valence electrons. The average molecular weight is 347 g/mol. The fourth-order valence-electron chi connectivity index (χ4n) is 2.76. The zero-order valence-electron chi connectivity index (χ0n) is 14.9. The van der Waals surface area contributed by atoms with Crippen molar-refractivity contribution in [1.29, 1.82) is 0 Å². The fourth-order valence-corrected chi connectivity index (χ4v) is 3.37. The third-order valence-corrected chi connectivity index (χ3v) is 4.79. The van der Waals surface area contributed by atoms with Crippen molar-refractivity contribution < 1.29 is 5.11 Å². The Hall–Kier alpha value is -1.95. The van der Waals surface area contributed by atoms with E-state index in [9.17, 15) is 5.11 Å². The molecule has 1 aromatic carbocycles. The topological polar surface area (TPSA) is 98.0 Å². The molecule has 0 aliphatic heterocycles. The number of benzene rings is 1. The lowest BCUT2D eigenvalue weighted by atomic mass is 9.90. The maximum atomic E-state index is 10.5. The molecule has 0 amide bonds. The highest BCUT2D eigenvalue weighted by Gasteiger charge is 2.17. The molecule has 0 unspecified atom stereocenters. The molecular weight excluding hydrogens is 320 g/mol. The van der Waals surface area contributed by atoms with Crippen molar-refractivity contribution in [2.24, 2.45) is 0 Å². The molecular formula is C18H26N4OS. The Morgan fingerprint density at radius 1 is 1.04 bits per heavy atom. The number of nitrogens with two attached hydrogens (primary N) is 2. The van der Waals surface area contributed by atoms with Crippen molar-refractivity contribution in [3.8, 4) is 5.75 Å². The molecule has 0 aliphatic rings. The van der Waals surface area contributed by atoms with Crippen molar-refractivity contribution in [3.05, 3.63) is 34.4 Å². The highest BCUT2D eigenvalue weighted by Crippen LogP contribution is 2.36. The summed E-state index contributed by atoms with van der Waals surface area (Å²) in [7, 11) is 0. The van der Waals surface area contributed by atoms with Gasteiger partial charge in [-0.05, 0) is 34.8 Å². The smallest absolute Gasteiger partial charge is 0.223 e. The van der Waals surface area contributed by atoms with Gasteiger partial charge in [-0.25, -0.2) is 4.98 Å². The lowest BCUT2D eigenvalue weighted by Crippen LogP contribution is -2.07. The minimum absolute atomic E-state index is 0.192. The molecule has 0 atom stereocenters. The zero-order valence-corrected chi connectivity index (χ0v) is 15.7. The third-order valence-electron chi connectivity index (χ3n) is 4.07. The lowest BCUT2D eigenvalue weighted by molar-refractivity contribution is 0.454. The van der Waals surface area contributed by atoms with E-state index in [2.05, 4.69) is 37.7 Å².